The summed E-state index contributed by atoms with van der Waals surface area (Å²) in [6.45, 7) is 2.88. The molecule has 0 radical (unpaired) electrons. The molecule has 0 saturated carbocycles. The van der Waals surface area contributed by atoms with E-state index in [2.05, 4.69) is 0 Å². The number of hydrogen-bond donors (Lipinski definition) is 0. The molecule has 1 heterocycles. The summed E-state index contributed by atoms with van der Waals surface area (Å²) in [5.74, 6) is 0.421. The van der Waals surface area contributed by atoms with Gasteiger partial charge in [0.2, 0.25) is 0 Å². The van der Waals surface area contributed by atoms with Crippen molar-refractivity contribution in [2.24, 2.45) is 0 Å². The number of ether oxygens (including phenoxy) is 2. The fourth-order valence-electron chi connectivity index (χ4n) is 1.18. The molecule has 2 rings (SSSR count). The van der Waals surface area contributed by atoms with Crippen LogP contribution in [-0.4, -0.2) is 18.8 Å². The van der Waals surface area contributed by atoms with Crippen molar-refractivity contribution in [3.05, 3.63) is 29.8 Å². The van der Waals surface area contributed by atoms with Crippen molar-refractivity contribution >= 4 is 0 Å². The van der Waals surface area contributed by atoms with Crippen molar-refractivity contribution in [3.63, 3.8) is 0 Å². The Bertz CT molecular complexity index is 366. The zero-order valence-corrected chi connectivity index (χ0v) is 8.67. The Hall–Kier alpha value is -1.23. The molecule has 16 heavy (non-hydrogen) atoms. The predicted molar refractivity (Wildman–Crippen MR) is 51.3 cm³/mol. The van der Waals surface area contributed by atoms with E-state index in [0.717, 1.165) is 12.1 Å². The fraction of sp³-hybridized carbons (Fsp3) is 0.455. The van der Waals surface area contributed by atoms with E-state index in [1.165, 1.54) is 12.1 Å². The Labute approximate surface area is 91.0 Å². The molecule has 1 aromatic carbocycles. The van der Waals surface area contributed by atoms with E-state index in [-0.39, 0.29) is 5.60 Å². The standard InChI is InChI=1S/C11H11F3O2/c1-10(7-16-10)6-15-9-4-2-8(3-5-9)11(12,13)14/h2-5H,6-7H2,1H3. The van der Waals surface area contributed by atoms with E-state index in [9.17, 15) is 13.2 Å². The van der Waals surface area contributed by atoms with Crippen LogP contribution in [0.2, 0.25) is 0 Å². The molecule has 0 aliphatic carbocycles. The molecule has 0 N–H and O–H groups in total. The van der Waals surface area contributed by atoms with E-state index in [1.807, 2.05) is 6.92 Å². The van der Waals surface area contributed by atoms with Gasteiger partial charge in [0.1, 0.15) is 18.0 Å². The highest BCUT2D eigenvalue weighted by atomic mass is 19.4. The lowest BCUT2D eigenvalue weighted by Gasteiger charge is -2.10. The predicted octanol–water partition coefficient (Wildman–Crippen LogP) is 2.87. The lowest BCUT2D eigenvalue weighted by atomic mass is 10.2. The summed E-state index contributed by atoms with van der Waals surface area (Å²) in [6.07, 6.45) is -4.30. The zero-order valence-electron chi connectivity index (χ0n) is 8.67. The monoisotopic (exact) mass is 232 g/mol. The second kappa shape index (κ2) is 3.66. The molecular formula is C11H11F3O2. The largest absolute Gasteiger partial charge is 0.491 e. The van der Waals surface area contributed by atoms with E-state index in [4.69, 9.17) is 9.47 Å². The summed E-state index contributed by atoms with van der Waals surface area (Å²) in [4.78, 5) is 0. The Morgan fingerprint density at radius 3 is 2.31 bits per heavy atom. The van der Waals surface area contributed by atoms with Crippen molar-refractivity contribution in [2.75, 3.05) is 13.2 Å². The first-order valence-corrected chi connectivity index (χ1v) is 4.83. The maximum atomic E-state index is 12.2. The van der Waals surface area contributed by atoms with Crippen LogP contribution >= 0.6 is 0 Å². The summed E-state index contributed by atoms with van der Waals surface area (Å²) in [6, 6.07) is 4.64. The third-order valence-corrected chi connectivity index (χ3v) is 2.36. The topological polar surface area (TPSA) is 21.8 Å². The van der Waals surface area contributed by atoms with E-state index < -0.39 is 11.7 Å². The molecule has 1 aliphatic rings. The number of alkyl halides is 3. The van der Waals surface area contributed by atoms with Crippen molar-refractivity contribution in [1.29, 1.82) is 0 Å². The van der Waals surface area contributed by atoms with Crippen molar-refractivity contribution < 1.29 is 22.6 Å². The average molecular weight is 232 g/mol. The van der Waals surface area contributed by atoms with Crippen molar-refractivity contribution in [1.82, 2.24) is 0 Å². The molecule has 1 unspecified atom stereocenters. The van der Waals surface area contributed by atoms with Gasteiger partial charge < -0.3 is 9.47 Å². The first kappa shape index (κ1) is 11.3. The third-order valence-electron chi connectivity index (χ3n) is 2.36. The molecule has 1 aliphatic heterocycles. The maximum absolute atomic E-state index is 12.2. The zero-order chi connectivity index (χ0) is 11.8. The van der Waals surface area contributed by atoms with Crippen LogP contribution in [0.4, 0.5) is 13.2 Å². The highest BCUT2D eigenvalue weighted by Gasteiger charge is 2.40. The summed E-state index contributed by atoms with van der Waals surface area (Å²) >= 11 is 0. The van der Waals surface area contributed by atoms with E-state index >= 15 is 0 Å². The molecule has 0 aromatic heterocycles. The maximum Gasteiger partial charge on any atom is 0.416 e. The summed E-state index contributed by atoms with van der Waals surface area (Å²) in [5.41, 5.74) is -0.934. The van der Waals surface area contributed by atoms with Gasteiger partial charge in [-0.25, -0.2) is 0 Å². The molecule has 1 aromatic rings. The molecule has 2 nitrogen and oxygen atoms in total. The van der Waals surface area contributed by atoms with Gasteiger partial charge in [-0.3, -0.25) is 0 Å². The molecule has 5 heteroatoms. The van der Waals surface area contributed by atoms with Crippen LogP contribution in [-0.2, 0) is 10.9 Å². The Morgan fingerprint density at radius 2 is 1.88 bits per heavy atom. The van der Waals surface area contributed by atoms with Crippen LogP contribution in [0, 0.1) is 0 Å². The van der Waals surface area contributed by atoms with Crippen LogP contribution in [0.15, 0.2) is 24.3 Å². The minimum atomic E-state index is -4.30. The Morgan fingerprint density at radius 1 is 1.31 bits per heavy atom. The quantitative estimate of drug-likeness (QED) is 0.747. The summed E-state index contributed by atoms with van der Waals surface area (Å²) < 4.78 is 47.1. The van der Waals surface area contributed by atoms with Gasteiger partial charge in [-0.2, -0.15) is 13.2 Å². The van der Waals surface area contributed by atoms with Gasteiger partial charge in [-0.1, -0.05) is 0 Å². The molecule has 0 bridgehead atoms. The average Bonchev–Trinajstić information content (AvgIpc) is 2.94. The lowest BCUT2D eigenvalue weighted by Crippen LogP contribution is -2.16. The number of rotatable bonds is 3. The molecule has 0 spiro atoms. The first-order valence-electron chi connectivity index (χ1n) is 4.83. The van der Waals surface area contributed by atoms with Gasteiger partial charge in [0.15, 0.2) is 0 Å². The molecule has 1 saturated heterocycles. The molecule has 0 amide bonds. The summed E-state index contributed by atoms with van der Waals surface area (Å²) in [5, 5.41) is 0. The molecular weight excluding hydrogens is 221 g/mol. The van der Waals surface area contributed by atoms with Gasteiger partial charge in [0, 0.05) is 0 Å². The third kappa shape index (κ3) is 2.66. The summed E-state index contributed by atoms with van der Waals surface area (Å²) in [7, 11) is 0. The van der Waals surface area contributed by atoms with Crippen LogP contribution < -0.4 is 4.74 Å². The minimum Gasteiger partial charge on any atom is -0.491 e. The number of hydrogen-bond acceptors (Lipinski definition) is 2. The second-order valence-electron chi connectivity index (χ2n) is 4.05. The number of epoxide rings is 1. The van der Waals surface area contributed by atoms with Crippen molar-refractivity contribution in [2.45, 2.75) is 18.7 Å². The van der Waals surface area contributed by atoms with Gasteiger partial charge in [0.25, 0.3) is 0 Å². The fourth-order valence-corrected chi connectivity index (χ4v) is 1.18. The minimum absolute atomic E-state index is 0.261. The van der Waals surface area contributed by atoms with Gasteiger partial charge in [-0.15, -0.1) is 0 Å². The first-order chi connectivity index (χ1) is 7.39. The number of benzene rings is 1. The van der Waals surface area contributed by atoms with Crippen LogP contribution in [0.25, 0.3) is 0 Å². The highest BCUT2D eigenvalue weighted by Crippen LogP contribution is 2.31. The van der Waals surface area contributed by atoms with Crippen LogP contribution in [0.5, 0.6) is 5.75 Å². The molecule has 88 valence electrons. The highest BCUT2D eigenvalue weighted by molar-refractivity contribution is 5.29. The van der Waals surface area contributed by atoms with E-state index in [1.54, 1.807) is 0 Å². The SMILES string of the molecule is CC1(COc2ccc(C(F)(F)F)cc2)CO1. The smallest absolute Gasteiger partial charge is 0.416 e. The number of halogens is 3. The van der Waals surface area contributed by atoms with Gasteiger partial charge >= 0.3 is 6.18 Å². The van der Waals surface area contributed by atoms with E-state index in [0.29, 0.717) is 19.0 Å². The van der Waals surface area contributed by atoms with Gasteiger partial charge in [-0.05, 0) is 31.2 Å². The Balaban J connectivity index is 1.96. The van der Waals surface area contributed by atoms with Crippen molar-refractivity contribution in [3.8, 4) is 5.75 Å². The normalized spacial score (nSPS) is 24.2. The van der Waals surface area contributed by atoms with Crippen LogP contribution in [0.3, 0.4) is 0 Å². The second-order valence-corrected chi connectivity index (χ2v) is 4.05. The molecule has 1 fully saturated rings. The molecule has 1 atom stereocenters. The van der Waals surface area contributed by atoms with Gasteiger partial charge in [0.05, 0.1) is 12.2 Å². The Kier molecular flexibility index (Phi) is 2.58. The van der Waals surface area contributed by atoms with Crippen LogP contribution in [0.1, 0.15) is 12.5 Å². The lowest BCUT2D eigenvalue weighted by molar-refractivity contribution is -0.137.